The summed E-state index contributed by atoms with van der Waals surface area (Å²) in [6.45, 7) is 6.26. The van der Waals surface area contributed by atoms with Gasteiger partial charge in [0.2, 0.25) is 5.91 Å². The summed E-state index contributed by atoms with van der Waals surface area (Å²) in [7, 11) is 3.51. The number of nitrogens with one attached hydrogen (secondary N) is 2. The van der Waals surface area contributed by atoms with Gasteiger partial charge in [0.25, 0.3) is 0 Å². The molecule has 0 spiro atoms. The molecule has 1 rings (SSSR count). The molecule has 0 aromatic carbocycles. The Kier molecular flexibility index (Phi) is 11.0. The number of carbonyl (C=O) groups is 1. The van der Waals surface area contributed by atoms with E-state index in [-0.39, 0.29) is 12.5 Å². The van der Waals surface area contributed by atoms with Crippen LogP contribution in [0.15, 0.2) is 4.99 Å². The fourth-order valence-electron chi connectivity index (χ4n) is 3.01. The van der Waals surface area contributed by atoms with Crippen molar-refractivity contribution < 1.29 is 9.53 Å². The SMILES string of the molecule is CCC(CC)C1CC(NC(=NCC(=O)N(C)C)NCCSC)CCO1. The molecule has 0 radical (unpaired) electrons. The maximum Gasteiger partial charge on any atom is 0.243 e. The molecule has 1 aliphatic heterocycles. The maximum atomic E-state index is 11.8. The first-order chi connectivity index (χ1) is 12.0. The minimum absolute atomic E-state index is 0.00727. The van der Waals surface area contributed by atoms with Gasteiger partial charge in [-0.25, -0.2) is 4.99 Å². The Hall–Kier alpha value is -0.950. The Morgan fingerprint density at radius 3 is 2.68 bits per heavy atom. The molecule has 2 unspecified atom stereocenters. The predicted molar refractivity (Wildman–Crippen MR) is 107 cm³/mol. The lowest BCUT2D eigenvalue weighted by Gasteiger charge is -2.35. The van der Waals surface area contributed by atoms with E-state index in [4.69, 9.17) is 4.74 Å². The molecule has 0 aliphatic carbocycles. The highest BCUT2D eigenvalue weighted by Crippen LogP contribution is 2.25. The fourth-order valence-corrected chi connectivity index (χ4v) is 3.31. The Labute approximate surface area is 157 Å². The van der Waals surface area contributed by atoms with Crippen LogP contribution in [0.4, 0.5) is 0 Å². The van der Waals surface area contributed by atoms with E-state index in [2.05, 4.69) is 35.7 Å². The normalized spacial score (nSPS) is 21.3. The van der Waals surface area contributed by atoms with Crippen LogP contribution in [0, 0.1) is 5.92 Å². The highest BCUT2D eigenvalue weighted by molar-refractivity contribution is 7.98. The van der Waals surface area contributed by atoms with Crippen LogP contribution in [-0.2, 0) is 9.53 Å². The number of carbonyl (C=O) groups excluding carboxylic acids is 1. The van der Waals surface area contributed by atoms with Gasteiger partial charge in [-0.3, -0.25) is 4.79 Å². The van der Waals surface area contributed by atoms with Crippen molar-refractivity contribution >= 4 is 23.6 Å². The van der Waals surface area contributed by atoms with E-state index >= 15 is 0 Å². The molecule has 1 aliphatic rings. The number of guanidine groups is 1. The zero-order valence-electron chi connectivity index (χ0n) is 16.5. The lowest BCUT2D eigenvalue weighted by Crippen LogP contribution is -2.49. The number of hydrogen-bond acceptors (Lipinski definition) is 4. The van der Waals surface area contributed by atoms with E-state index in [1.807, 2.05) is 0 Å². The molecule has 0 aromatic rings. The maximum absolute atomic E-state index is 11.8. The van der Waals surface area contributed by atoms with Gasteiger partial charge in [-0.1, -0.05) is 26.7 Å². The number of amides is 1. The van der Waals surface area contributed by atoms with E-state index in [1.165, 1.54) is 0 Å². The molecule has 1 saturated heterocycles. The van der Waals surface area contributed by atoms with Gasteiger partial charge in [0.15, 0.2) is 5.96 Å². The topological polar surface area (TPSA) is 66.0 Å². The first-order valence-electron chi connectivity index (χ1n) is 9.37. The van der Waals surface area contributed by atoms with Gasteiger partial charge in [-0.05, 0) is 25.0 Å². The van der Waals surface area contributed by atoms with Gasteiger partial charge in [0.1, 0.15) is 6.54 Å². The van der Waals surface area contributed by atoms with Crippen LogP contribution in [0.3, 0.4) is 0 Å². The number of ether oxygens (including phenoxy) is 1. The Morgan fingerprint density at radius 1 is 1.36 bits per heavy atom. The average molecular weight is 373 g/mol. The van der Waals surface area contributed by atoms with Crippen molar-refractivity contribution in [3.8, 4) is 0 Å². The summed E-state index contributed by atoms with van der Waals surface area (Å²) < 4.78 is 6.00. The van der Waals surface area contributed by atoms with Crippen LogP contribution in [0.25, 0.3) is 0 Å². The van der Waals surface area contributed by atoms with Crippen LogP contribution in [0.1, 0.15) is 39.5 Å². The van der Waals surface area contributed by atoms with Crippen molar-refractivity contribution in [1.82, 2.24) is 15.5 Å². The summed E-state index contributed by atoms with van der Waals surface area (Å²) in [6, 6.07) is 0.342. The molecule has 0 bridgehead atoms. The molecule has 7 heteroatoms. The molecule has 146 valence electrons. The predicted octanol–water partition coefficient (Wildman–Crippen LogP) is 1.96. The monoisotopic (exact) mass is 372 g/mol. The lowest BCUT2D eigenvalue weighted by atomic mass is 9.89. The third kappa shape index (κ3) is 8.31. The molecule has 25 heavy (non-hydrogen) atoms. The van der Waals surface area contributed by atoms with Crippen molar-refractivity contribution in [1.29, 1.82) is 0 Å². The van der Waals surface area contributed by atoms with Crippen molar-refractivity contribution in [3.05, 3.63) is 0 Å². The first kappa shape index (κ1) is 22.1. The summed E-state index contributed by atoms with van der Waals surface area (Å²) in [6.07, 6.45) is 6.67. The Bertz CT molecular complexity index is 414. The molecule has 1 heterocycles. The number of rotatable bonds is 9. The smallest absolute Gasteiger partial charge is 0.243 e. The van der Waals surface area contributed by atoms with Crippen molar-refractivity contribution in [2.45, 2.75) is 51.7 Å². The number of nitrogens with zero attached hydrogens (tertiary/aromatic N) is 2. The second kappa shape index (κ2) is 12.4. The third-order valence-electron chi connectivity index (χ3n) is 4.70. The van der Waals surface area contributed by atoms with Crippen LogP contribution in [-0.4, -0.2) is 74.7 Å². The molecule has 1 fully saturated rings. The third-order valence-corrected chi connectivity index (χ3v) is 5.31. The molecule has 0 aromatic heterocycles. The molecule has 1 amide bonds. The van der Waals surface area contributed by atoms with E-state index in [9.17, 15) is 4.79 Å². The molecule has 6 nitrogen and oxygen atoms in total. The van der Waals surface area contributed by atoms with E-state index in [0.717, 1.165) is 50.5 Å². The molecular formula is C18H36N4O2S. The average Bonchev–Trinajstić information content (AvgIpc) is 2.60. The van der Waals surface area contributed by atoms with Crippen molar-refractivity contribution in [2.75, 3.05) is 45.8 Å². The second-order valence-electron chi connectivity index (χ2n) is 6.72. The molecule has 2 atom stereocenters. The highest BCUT2D eigenvalue weighted by Gasteiger charge is 2.28. The Balaban J connectivity index is 2.65. The Morgan fingerprint density at radius 2 is 2.08 bits per heavy atom. The summed E-state index contributed by atoms with van der Waals surface area (Å²) in [4.78, 5) is 17.9. The minimum Gasteiger partial charge on any atom is -0.378 e. The quantitative estimate of drug-likeness (QED) is 0.368. The fraction of sp³-hybridized carbons (Fsp3) is 0.889. The zero-order valence-corrected chi connectivity index (χ0v) is 17.3. The molecular weight excluding hydrogens is 336 g/mol. The van der Waals surface area contributed by atoms with Crippen LogP contribution in [0.5, 0.6) is 0 Å². The van der Waals surface area contributed by atoms with Gasteiger partial charge in [-0.15, -0.1) is 0 Å². The number of aliphatic imine (C=N–C) groups is 1. The zero-order chi connectivity index (χ0) is 18.7. The summed E-state index contributed by atoms with van der Waals surface area (Å²) in [5.74, 6) is 2.36. The van der Waals surface area contributed by atoms with Crippen molar-refractivity contribution in [3.63, 3.8) is 0 Å². The first-order valence-corrected chi connectivity index (χ1v) is 10.8. The minimum atomic E-state index is 0.00727. The van der Waals surface area contributed by atoms with Gasteiger partial charge in [0.05, 0.1) is 6.10 Å². The molecule has 2 N–H and O–H groups in total. The van der Waals surface area contributed by atoms with Gasteiger partial charge in [0, 0.05) is 39.0 Å². The number of hydrogen-bond donors (Lipinski definition) is 2. The number of thioether (sulfide) groups is 1. The number of likely N-dealkylation sites (N-methyl/N-ethyl adjacent to an activating group) is 1. The molecule has 0 saturated carbocycles. The summed E-state index contributed by atoms with van der Waals surface area (Å²) in [5, 5.41) is 6.86. The standard InChI is InChI=1S/C18H36N4O2S/c1-6-14(7-2)16-12-15(8-10-24-16)21-18(19-9-11-25-5)20-13-17(23)22(3)4/h14-16H,6-13H2,1-5H3,(H2,19,20,21). The second-order valence-corrected chi connectivity index (χ2v) is 7.71. The van der Waals surface area contributed by atoms with Crippen molar-refractivity contribution in [2.24, 2.45) is 10.9 Å². The van der Waals surface area contributed by atoms with E-state index < -0.39 is 0 Å². The highest BCUT2D eigenvalue weighted by atomic mass is 32.2. The van der Waals surface area contributed by atoms with E-state index in [1.54, 1.807) is 30.8 Å². The van der Waals surface area contributed by atoms with Crippen LogP contribution in [0.2, 0.25) is 0 Å². The van der Waals surface area contributed by atoms with Gasteiger partial charge >= 0.3 is 0 Å². The summed E-state index contributed by atoms with van der Waals surface area (Å²) >= 11 is 1.79. The summed E-state index contributed by atoms with van der Waals surface area (Å²) in [5.41, 5.74) is 0. The lowest BCUT2D eigenvalue weighted by molar-refractivity contribution is -0.127. The van der Waals surface area contributed by atoms with E-state index in [0.29, 0.717) is 18.1 Å². The van der Waals surface area contributed by atoms with Gasteiger partial charge < -0.3 is 20.3 Å². The van der Waals surface area contributed by atoms with Crippen LogP contribution >= 0.6 is 11.8 Å². The van der Waals surface area contributed by atoms with Crippen LogP contribution < -0.4 is 10.6 Å². The van der Waals surface area contributed by atoms with Gasteiger partial charge in [-0.2, -0.15) is 11.8 Å². The largest absolute Gasteiger partial charge is 0.378 e.